The monoisotopic (exact) mass is 438 g/mol. The lowest BCUT2D eigenvalue weighted by Crippen LogP contribution is -2.40. The van der Waals surface area contributed by atoms with Gasteiger partial charge in [-0.25, -0.2) is 16.8 Å². The van der Waals surface area contributed by atoms with Gasteiger partial charge in [0.15, 0.2) is 0 Å². The number of hydrogen-bond acceptors (Lipinski definition) is 5. The Morgan fingerprint density at radius 2 is 1.48 bits per heavy atom. The minimum Gasteiger partial charge on any atom is -0.379 e. The Kier molecular flexibility index (Phi) is 6.62. The molecule has 0 aliphatic carbocycles. The zero-order valence-corrected chi connectivity index (χ0v) is 18.2. The lowest BCUT2D eigenvalue weighted by molar-refractivity contribution is 0.0730. The van der Waals surface area contributed by atoms with Crippen LogP contribution in [0.5, 0.6) is 0 Å². The molecule has 0 bridgehead atoms. The number of nitrogens with one attached hydrogen (secondary N) is 1. The van der Waals surface area contributed by atoms with E-state index in [0.717, 1.165) is 12.0 Å². The first kappa shape index (κ1) is 21.8. The van der Waals surface area contributed by atoms with Crippen LogP contribution < -0.4 is 4.72 Å². The number of ether oxygens (including phenoxy) is 1. The van der Waals surface area contributed by atoms with Crippen LogP contribution in [0.4, 0.5) is 5.69 Å². The van der Waals surface area contributed by atoms with E-state index in [-0.39, 0.29) is 9.79 Å². The van der Waals surface area contributed by atoms with E-state index in [1.807, 2.05) is 12.1 Å². The second-order valence-corrected chi connectivity index (χ2v) is 10.6. The highest BCUT2D eigenvalue weighted by atomic mass is 32.2. The van der Waals surface area contributed by atoms with Crippen molar-refractivity contribution in [1.82, 2.24) is 4.31 Å². The van der Waals surface area contributed by atoms with Gasteiger partial charge in [-0.2, -0.15) is 4.31 Å². The molecule has 1 aliphatic rings. The van der Waals surface area contributed by atoms with Crippen molar-refractivity contribution in [3.8, 4) is 0 Å². The number of benzene rings is 2. The maximum atomic E-state index is 12.6. The molecule has 1 saturated heterocycles. The summed E-state index contributed by atoms with van der Waals surface area (Å²) in [6.07, 6.45) is 0.976. The second-order valence-electron chi connectivity index (χ2n) is 7.02. The Bertz CT molecular complexity index is 1030. The van der Waals surface area contributed by atoms with E-state index in [1.54, 1.807) is 12.1 Å². The molecule has 158 valence electrons. The molecule has 7 nitrogen and oxygen atoms in total. The maximum Gasteiger partial charge on any atom is 0.261 e. The Labute approximate surface area is 172 Å². The standard InChI is InChI=1S/C20H26N2O5S2/c1-3-16(2)17-4-8-19(9-5-17)28(23,24)21-18-6-10-20(11-7-18)29(25,26)22-12-14-27-15-13-22/h4-11,16,21H,3,12-15H2,1-2H3. The quantitative estimate of drug-likeness (QED) is 0.717. The van der Waals surface area contributed by atoms with Crippen molar-refractivity contribution in [3.05, 3.63) is 54.1 Å². The second kappa shape index (κ2) is 8.83. The average Bonchev–Trinajstić information content (AvgIpc) is 2.74. The van der Waals surface area contributed by atoms with Crippen molar-refractivity contribution in [1.29, 1.82) is 0 Å². The normalized spacial score (nSPS) is 17.0. The number of nitrogens with zero attached hydrogens (tertiary/aromatic N) is 1. The maximum absolute atomic E-state index is 12.6. The average molecular weight is 439 g/mol. The molecule has 1 atom stereocenters. The molecule has 1 fully saturated rings. The summed E-state index contributed by atoms with van der Waals surface area (Å²) in [5.74, 6) is 0.362. The third-order valence-corrected chi connectivity index (χ3v) is 8.40. The molecule has 1 unspecified atom stereocenters. The van der Waals surface area contributed by atoms with Gasteiger partial charge in [0, 0.05) is 18.8 Å². The van der Waals surface area contributed by atoms with Gasteiger partial charge in [0.1, 0.15) is 0 Å². The van der Waals surface area contributed by atoms with E-state index in [2.05, 4.69) is 18.6 Å². The first-order chi connectivity index (χ1) is 13.7. The molecular weight excluding hydrogens is 412 g/mol. The summed E-state index contributed by atoms with van der Waals surface area (Å²) in [5, 5.41) is 0. The Morgan fingerprint density at radius 3 is 2.03 bits per heavy atom. The van der Waals surface area contributed by atoms with Crippen molar-refractivity contribution >= 4 is 25.7 Å². The molecule has 29 heavy (non-hydrogen) atoms. The first-order valence-electron chi connectivity index (χ1n) is 9.55. The molecule has 9 heteroatoms. The molecule has 3 rings (SSSR count). The van der Waals surface area contributed by atoms with Crippen LogP contribution in [0, 0.1) is 0 Å². The summed E-state index contributed by atoms with van der Waals surface area (Å²) in [7, 11) is -7.37. The van der Waals surface area contributed by atoms with Gasteiger partial charge in [-0.15, -0.1) is 0 Å². The highest BCUT2D eigenvalue weighted by Gasteiger charge is 2.26. The fourth-order valence-electron chi connectivity index (χ4n) is 3.06. The highest BCUT2D eigenvalue weighted by molar-refractivity contribution is 7.92. The summed E-state index contributed by atoms with van der Waals surface area (Å²) in [6, 6.07) is 12.5. The van der Waals surface area contributed by atoms with E-state index < -0.39 is 20.0 Å². The minimum atomic E-state index is -3.76. The van der Waals surface area contributed by atoms with Crippen molar-refractivity contribution in [2.75, 3.05) is 31.0 Å². The smallest absolute Gasteiger partial charge is 0.261 e. The SMILES string of the molecule is CCC(C)c1ccc(S(=O)(=O)Nc2ccc(S(=O)(=O)N3CCOCC3)cc2)cc1. The third-order valence-electron chi connectivity index (χ3n) is 5.09. The van der Waals surface area contributed by atoms with Gasteiger partial charge in [-0.05, 0) is 54.3 Å². The predicted octanol–water partition coefficient (Wildman–Crippen LogP) is 3.02. The van der Waals surface area contributed by atoms with Crippen LogP contribution in [0.2, 0.25) is 0 Å². The van der Waals surface area contributed by atoms with Crippen LogP contribution in [0.3, 0.4) is 0 Å². The molecule has 1 N–H and O–H groups in total. The number of rotatable bonds is 7. The first-order valence-corrected chi connectivity index (χ1v) is 12.5. The molecule has 2 aromatic rings. The Morgan fingerprint density at radius 1 is 0.931 bits per heavy atom. The summed E-state index contributed by atoms with van der Waals surface area (Å²) in [6.45, 7) is 5.53. The molecule has 0 aromatic heterocycles. The Balaban J connectivity index is 1.74. The molecule has 0 amide bonds. The van der Waals surface area contributed by atoms with E-state index in [9.17, 15) is 16.8 Å². The fraction of sp³-hybridized carbons (Fsp3) is 0.400. The third kappa shape index (κ3) is 4.98. The zero-order valence-electron chi connectivity index (χ0n) is 16.5. The molecular formula is C20H26N2O5S2. The predicted molar refractivity (Wildman–Crippen MR) is 112 cm³/mol. The van der Waals surface area contributed by atoms with Crippen molar-refractivity contribution in [2.45, 2.75) is 36.0 Å². The van der Waals surface area contributed by atoms with Gasteiger partial charge in [-0.1, -0.05) is 26.0 Å². The number of morpholine rings is 1. The van der Waals surface area contributed by atoms with Crippen molar-refractivity contribution in [2.24, 2.45) is 0 Å². The number of anilines is 1. The van der Waals surface area contributed by atoms with Crippen LogP contribution in [-0.4, -0.2) is 47.4 Å². The van der Waals surface area contributed by atoms with Gasteiger partial charge in [0.25, 0.3) is 10.0 Å². The molecule has 1 heterocycles. The zero-order chi connectivity index (χ0) is 21.1. The van der Waals surface area contributed by atoms with E-state index >= 15 is 0 Å². The van der Waals surface area contributed by atoms with Crippen LogP contribution in [-0.2, 0) is 24.8 Å². The summed E-state index contributed by atoms with van der Waals surface area (Å²) >= 11 is 0. The minimum absolute atomic E-state index is 0.125. The molecule has 0 spiro atoms. The van der Waals surface area contributed by atoms with E-state index in [0.29, 0.717) is 37.9 Å². The van der Waals surface area contributed by atoms with E-state index in [1.165, 1.54) is 28.6 Å². The molecule has 0 saturated carbocycles. The van der Waals surface area contributed by atoms with Gasteiger partial charge in [-0.3, -0.25) is 4.72 Å². The lowest BCUT2D eigenvalue weighted by atomic mass is 9.99. The highest BCUT2D eigenvalue weighted by Crippen LogP contribution is 2.23. The van der Waals surface area contributed by atoms with Crippen molar-refractivity contribution in [3.63, 3.8) is 0 Å². The molecule has 0 radical (unpaired) electrons. The van der Waals surface area contributed by atoms with Crippen LogP contribution in [0.1, 0.15) is 31.7 Å². The van der Waals surface area contributed by atoms with Crippen LogP contribution in [0.25, 0.3) is 0 Å². The van der Waals surface area contributed by atoms with Crippen molar-refractivity contribution < 1.29 is 21.6 Å². The van der Waals surface area contributed by atoms with Crippen LogP contribution >= 0.6 is 0 Å². The summed E-state index contributed by atoms with van der Waals surface area (Å²) < 4.78 is 59.6. The van der Waals surface area contributed by atoms with Gasteiger partial charge >= 0.3 is 0 Å². The molecule has 1 aliphatic heterocycles. The van der Waals surface area contributed by atoms with Gasteiger partial charge in [0.05, 0.1) is 23.0 Å². The van der Waals surface area contributed by atoms with Gasteiger partial charge < -0.3 is 4.74 Å². The number of hydrogen-bond donors (Lipinski definition) is 1. The summed E-state index contributed by atoms with van der Waals surface area (Å²) in [4.78, 5) is 0.287. The van der Waals surface area contributed by atoms with Gasteiger partial charge in [0.2, 0.25) is 10.0 Å². The summed E-state index contributed by atoms with van der Waals surface area (Å²) in [5.41, 5.74) is 1.39. The molecule has 2 aromatic carbocycles. The van der Waals surface area contributed by atoms with Crippen LogP contribution in [0.15, 0.2) is 58.3 Å². The topological polar surface area (TPSA) is 92.8 Å². The largest absolute Gasteiger partial charge is 0.379 e. The Hall–Kier alpha value is -1.94. The number of sulfonamides is 2. The van der Waals surface area contributed by atoms with E-state index in [4.69, 9.17) is 4.74 Å². The fourth-order valence-corrected chi connectivity index (χ4v) is 5.52. The lowest BCUT2D eigenvalue weighted by Gasteiger charge is -2.26.